The first kappa shape index (κ1) is 7.25. The van der Waals surface area contributed by atoms with E-state index in [2.05, 4.69) is 11.1 Å². The maximum atomic E-state index is 5.58. The zero-order valence-electron chi connectivity index (χ0n) is 6.70. The van der Waals surface area contributed by atoms with Crippen LogP contribution in [0.15, 0.2) is 36.7 Å². The van der Waals surface area contributed by atoms with Crippen LogP contribution >= 0.6 is 0 Å². The van der Waals surface area contributed by atoms with E-state index in [9.17, 15) is 0 Å². The van der Waals surface area contributed by atoms with Gasteiger partial charge in [-0.25, -0.2) is 0 Å². The number of benzene rings is 1. The first-order valence-corrected chi connectivity index (χ1v) is 3.93. The molecule has 0 radical (unpaired) electrons. The summed E-state index contributed by atoms with van der Waals surface area (Å²) in [5.74, 6) is 0. The van der Waals surface area contributed by atoms with Crippen molar-refractivity contribution in [2.24, 2.45) is 5.73 Å². The molecule has 0 fully saturated rings. The Kier molecular flexibility index (Phi) is 1.76. The zero-order chi connectivity index (χ0) is 8.39. The van der Waals surface area contributed by atoms with Gasteiger partial charge in [-0.05, 0) is 10.9 Å². The topological polar surface area (TPSA) is 38.9 Å². The molecule has 0 spiro atoms. The molecule has 2 heteroatoms. The second-order valence-electron chi connectivity index (χ2n) is 2.72. The van der Waals surface area contributed by atoms with Crippen molar-refractivity contribution < 1.29 is 0 Å². The van der Waals surface area contributed by atoms with E-state index < -0.39 is 0 Å². The van der Waals surface area contributed by atoms with E-state index in [0.29, 0.717) is 6.54 Å². The Morgan fingerprint density at radius 3 is 2.83 bits per heavy atom. The summed E-state index contributed by atoms with van der Waals surface area (Å²) >= 11 is 0. The minimum Gasteiger partial charge on any atom is -0.326 e. The fourth-order valence-electron chi connectivity index (χ4n) is 1.34. The molecule has 0 aliphatic carbocycles. The van der Waals surface area contributed by atoms with Crippen molar-refractivity contribution in [3.05, 3.63) is 42.2 Å². The molecule has 0 aliphatic heterocycles. The lowest BCUT2D eigenvalue weighted by atomic mass is 10.1. The van der Waals surface area contributed by atoms with Crippen LogP contribution in [0.5, 0.6) is 0 Å². The first-order chi connectivity index (χ1) is 5.92. The monoisotopic (exact) mass is 158 g/mol. The zero-order valence-corrected chi connectivity index (χ0v) is 6.70. The average molecular weight is 158 g/mol. The summed E-state index contributed by atoms with van der Waals surface area (Å²) in [6, 6.07) is 8.13. The minimum absolute atomic E-state index is 0.550. The van der Waals surface area contributed by atoms with Gasteiger partial charge < -0.3 is 5.73 Å². The number of nitrogens with two attached hydrogens (primary N) is 1. The van der Waals surface area contributed by atoms with Gasteiger partial charge in [0, 0.05) is 24.3 Å². The summed E-state index contributed by atoms with van der Waals surface area (Å²) in [6.07, 6.45) is 3.68. The average Bonchev–Trinajstić information content (AvgIpc) is 2.17. The maximum Gasteiger partial charge on any atom is 0.0346 e. The molecule has 1 aromatic carbocycles. The van der Waals surface area contributed by atoms with Crippen molar-refractivity contribution in [3.8, 4) is 0 Å². The molecule has 0 unspecified atom stereocenters. The van der Waals surface area contributed by atoms with Crippen LogP contribution in [0.1, 0.15) is 5.56 Å². The molecule has 0 saturated heterocycles. The Bertz CT molecular complexity index is 390. The van der Waals surface area contributed by atoms with E-state index in [0.717, 1.165) is 10.9 Å². The largest absolute Gasteiger partial charge is 0.326 e. The van der Waals surface area contributed by atoms with Crippen LogP contribution in [-0.4, -0.2) is 4.98 Å². The predicted octanol–water partition coefficient (Wildman–Crippen LogP) is 1.69. The first-order valence-electron chi connectivity index (χ1n) is 3.93. The number of hydrogen-bond acceptors (Lipinski definition) is 2. The standard InChI is InChI=1S/C10H10N2/c11-5-9-7-12-6-8-3-1-2-4-10(8)9/h1-4,6-7H,5,11H2. The van der Waals surface area contributed by atoms with E-state index in [1.54, 1.807) is 0 Å². The highest BCUT2D eigenvalue weighted by Gasteiger charge is 1.96. The Morgan fingerprint density at radius 2 is 2.00 bits per heavy atom. The van der Waals surface area contributed by atoms with E-state index in [1.807, 2.05) is 30.6 Å². The van der Waals surface area contributed by atoms with Gasteiger partial charge in [0.2, 0.25) is 0 Å². The van der Waals surface area contributed by atoms with Crippen LogP contribution in [-0.2, 0) is 6.54 Å². The van der Waals surface area contributed by atoms with Crippen LogP contribution in [0.3, 0.4) is 0 Å². The fourth-order valence-corrected chi connectivity index (χ4v) is 1.34. The third-order valence-electron chi connectivity index (χ3n) is 1.97. The molecule has 2 nitrogen and oxygen atoms in total. The molecule has 60 valence electrons. The molecule has 2 N–H and O–H groups in total. The molecule has 12 heavy (non-hydrogen) atoms. The van der Waals surface area contributed by atoms with Crippen molar-refractivity contribution in [1.29, 1.82) is 0 Å². The lowest BCUT2D eigenvalue weighted by molar-refractivity contribution is 1.07. The summed E-state index contributed by atoms with van der Waals surface area (Å²) in [5.41, 5.74) is 6.68. The minimum atomic E-state index is 0.550. The van der Waals surface area contributed by atoms with Crippen LogP contribution in [0.25, 0.3) is 10.8 Å². The molecule has 0 atom stereocenters. The quantitative estimate of drug-likeness (QED) is 0.686. The SMILES string of the molecule is NCc1cncc2ccccc12. The molecular weight excluding hydrogens is 148 g/mol. The Balaban J connectivity index is 2.79. The fraction of sp³-hybridized carbons (Fsp3) is 0.100. The van der Waals surface area contributed by atoms with Gasteiger partial charge in [-0.3, -0.25) is 4.98 Å². The predicted molar refractivity (Wildman–Crippen MR) is 49.6 cm³/mol. The number of rotatable bonds is 1. The molecular formula is C10H10N2. The summed E-state index contributed by atoms with van der Waals surface area (Å²) in [4.78, 5) is 4.10. The Morgan fingerprint density at radius 1 is 1.17 bits per heavy atom. The maximum absolute atomic E-state index is 5.58. The third-order valence-corrected chi connectivity index (χ3v) is 1.97. The number of hydrogen-bond donors (Lipinski definition) is 1. The summed E-state index contributed by atoms with van der Waals surface area (Å²) in [6.45, 7) is 0.550. The van der Waals surface area contributed by atoms with Crippen molar-refractivity contribution in [2.75, 3.05) is 0 Å². The van der Waals surface area contributed by atoms with Gasteiger partial charge in [-0.15, -0.1) is 0 Å². The molecule has 2 aromatic rings. The van der Waals surface area contributed by atoms with Gasteiger partial charge in [-0.1, -0.05) is 24.3 Å². The second-order valence-corrected chi connectivity index (χ2v) is 2.72. The molecule has 0 bridgehead atoms. The van der Waals surface area contributed by atoms with Crippen molar-refractivity contribution >= 4 is 10.8 Å². The van der Waals surface area contributed by atoms with Crippen molar-refractivity contribution in [3.63, 3.8) is 0 Å². The van der Waals surface area contributed by atoms with Gasteiger partial charge >= 0.3 is 0 Å². The van der Waals surface area contributed by atoms with Crippen LogP contribution in [0.4, 0.5) is 0 Å². The van der Waals surface area contributed by atoms with Gasteiger partial charge in [0.15, 0.2) is 0 Å². The molecule has 0 aliphatic rings. The second kappa shape index (κ2) is 2.91. The number of aromatic nitrogens is 1. The molecule has 2 rings (SSSR count). The van der Waals surface area contributed by atoms with Gasteiger partial charge in [0.05, 0.1) is 0 Å². The summed E-state index contributed by atoms with van der Waals surface area (Å²) in [7, 11) is 0. The lowest BCUT2D eigenvalue weighted by Gasteiger charge is -2.01. The van der Waals surface area contributed by atoms with E-state index in [4.69, 9.17) is 5.73 Å². The van der Waals surface area contributed by atoms with Gasteiger partial charge in [0.25, 0.3) is 0 Å². The highest BCUT2D eigenvalue weighted by Crippen LogP contribution is 2.15. The van der Waals surface area contributed by atoms with Crippen LogP contribution < -0.4 is 5.73 Å². The van der Waals surface area contributed by atoms with Crippen LogP contribution in [0, 0.1) is 0 Å². The number of pyridine rings is 1. The lowest BCUT2D eigenvalue weighted by Crippen LogP contribution is -1.97. The highest BCUT2D eigenvalue weighted by atomic mass is 14.6. The smallest absolute Gasteiger partial charge is 0.0346 e. The molecule has 0 saturated carbocycles. The van der Waals surface area contributed by atoms with Crippen molar-refractivity contribution in [2.45, 2.75) is 6.54 Å². The Labute approximate surface area is 71.0 Å². The van der Waals surface area contributed by atoms with Crippen molar-refractivity contribution in [1.82, 2.24) is 4.98 Å². The number of fused-ring (bicyclic) bond motifs is 1. The molecule has 1 aromatic heterocycles. The molecule has 1 heterocycles. The van der Waals surface area contributed by atoms with Crippen LogP contribution in [0.2, 0.25) is 0 Å². The molecule has 0 amide bonds. The van der Waals surface area contributed by atoms with E-state index in [1.165, 1.54) is 5.39 Å². The normalized spacial score (nSPS) is 10.4. The Hall–Kier alpha value is -1.41. The van der Waals surface area contributed by atoms with Gasteiger partial charge in [0.1, 0.15) is 0 Å². The highest BCUT2D eigenvalue weighted by molar-refractivity contribution is 5.84. The van der Waals surface area contributed by atoms with E-state index in [-0.39, 0.29) is 0 Å². The third kappa shape index (κ3) is 1.06. The number of nitrogens with zero attached hydrogens (tertiary/aromatic N) is 1. The van der Waals surface area contributed by atoms with Gasteiger partial charge in [-0.2, -0.15) is 0 Å². The summed E-state index contributed by atoms with van der Waals surface area (Å²) < 4.78 is 0. The van der Waals surface area contributed by atoms with E-state index >= 15 is 0 Å². The summed E-state index contributed by atoms with van der Waals surface area (Å²) in [5, 5.41) is 2.36.